The van der Waals surface area contributed by atoms with E-state index in [-0.39, 0.29) is 0 Å². The molecule has 0 saturated carbocycles. The maximum absolute atomic E-state index is 4.31. The smallest absolute Gasteiger partial charge is 0.0629 e. The number of benzene rings is 1. The molecule has 0 aliphatic heterocycles. The number of H-pyrrole nitrogens is 2. The van der Waals surface area contributed by atoms with Crippen LogP contribution in [0.3, 0.4) is 0 Å². The van der Waals surface area contributed by atoms with Crippen molar-refractivity contribution in [2.75, 3.05) is 0 Å². The predicted octanol–water partition coefficient (Wildman–Crippen LogP) is 3.55. The Morgan fingerprint density at radius 3 is 1.45 bits per heavy atom. The molecule has 0 fully saturated rings. The summed E-state index contributed by atoms with van der Waals surface area (Å²) in [4.78, 5) is 0. The lowest BCUT2D eigenvalue weighted by atomic mass is 9.94. The highest BCUT2D eigenvalue weighted by molar-refractivity contribution is 5.39. The fourth-order valence-electron chi connectivity index (χ4n) is 2.95. The molecular weight excluding hydrogens is 272 g/mol. The molecular formula is C18H22N4. The Morgan fingerprint density at radius 2 is 1.14 bits per heavy atom. The fourth-order valence-corrected chi connectivity index (χ4v) is 2.95. The fraction of sp³-hybridized carbons (Fsp3) is 0.333. The summed E-state index contributed by atoms with van der Waals surface area (Å²) in [5, 5.41) is 14.8. The van der Waals surface area contributed by atoms with Crippen LogP contribution in [0, 0.1) is 27.7 Å². The summed E-state index contributed by atoms with van der Waals surface area (Å²) in [6.45, 7) is 8.29. The lowest BCUT2D eigenvalue weighted by Gasteiger charge is -2.10. The van der Waals surface area contributed by atoms with Crippen LogP contribution in [0.5, 0.6) is 0 Å². The van der Waals surface area contributed by atoms with Crippen LogP contribution in [-0.2, 0) is 12.8 Å². The molecule has 3 rings (SSSR count). The minimum atomic E-state index is 0.917. The van der Waals surface area contributed by atoms with E-state index in [9.17, 15) is 0 Å². The zero-order valence-corrected chi connectivity index (χ0v) is 13.6. The average molecular weight is 294 g/mol. The molecule has 0 saturated heterocycles. The molecule has 2 aromatic heterocycles. The van der Waals surface area contributed by atoms with Crippen molar-refractivity contribution in [1.29, 1.82) is 0 Å². The van der Waals surface area contributed by atoms with Crippen LogP contribution in [0.15, 0.2) is 24.3 Å². The standard InChI is InChI=1S/C18H22N4/c1-11-17(12(2)20-19-11)9-15-7-5-6-8-16(15)10-18-13(3)21-22-14(18)4/h5-8H,9-10H2,1-4H3,(H,19,20)(H,21,22). The van der Waals surface area contributed by atoms with E-state index in [1.165, 1.54) is 22.3 Å². The minimum absolute atomic E-state index is 0.917. The van der Waals surface area contributed by atoms with Crippen LogP contribution >= 0.6 is 0 Å². The third-order valence-electron chi connectivity index (χ3n) is 4.41. The summed E-state index contributed by atoms with van der Waals surface area (Å²) in [6.07, 6.45) is 1.83. The van der Waals surface area contributed by atoms with E-state index < -0.39 is 0 Å². The first-order valence-electron chi connectivity index (χ1n) is 7.64. The molecule has 0 bridgehead atoms. The summed E-state index contributed by atoms with van der Waals surface area (Å²) in [6, 6.07) is 8.65. The van der Waals surface area contributed by atoms with Crippen molar-refractivity contribution in [2.24, 2.45) is 0 Å². The van der Waals surface area contributed by atoms with Crippen LogP contribution in [0.25, 0.3) is 0 Å². The Balaban J connectivity index is 1.94. The zero-order valence-electron chi connectivity index (χ0n) is 13.6. The quantitative estimate of drug-likeness (QED) is 0.773. The van der Waals surface area contributed by atoms with Gasteiger partial charge in [-0.2, -0.15) is 10.2 Å². The Bertz CT molecular complexity index is 689. The molecule has 4 nitrogen and oxygen atoms in total. The minimum Gasteiger partial charge on any atom is -0.282 e. The van der Waals surface area contributed by atoms with Gasteiger partial charge in [-0.25, -0.2) is 0 Å². The molecule has 114 valence electrons. The molecule has 1 aromatic carbocycles. The Kier molecular flexibility index (Phi) is 3.84. The van der Waals surface area contributed by atoms with Gasteiger partial charge < -0.3 is 0 Å². The van der Waals surface area contributed by atoms with Crippen LogP contribution in [0.4, 0.5) is 0 Å². The van der Waals surface area contributed by atoms with Gasteiger partial charge in [0.1, 0.15) is 0 Å². The second kappa shape index (κ2) is 5.79. The number of nitrogens with zero attached hydrogens (tertiary/aromatic N) is 2. The summed E-state index contributed by atoms with van der Waals surface area (Å²) < 4.78 is 0. The van der Waals surface area contributed by atoms with Crippen LogP contribution in [0.1, 0.15) is 45.0 Å². The van der Waals surface area contributed by atoms with Crippen molar-refractivity contribution in [1.82, 2.24) is 20.4 Å². The first-order valence-corrected chi connectivity index (χ1v) is 7.64. The van der Waals surface area contributed by atoms with E-state index in [0.29, 0.717) is 0 Å². The largest absolute Gasteiger partial charge is 0.282 e. The van der Waals surface area contributed by atoms with Crippen molar-refractivity contribution >= 4 is 0 Å². The van der Waals surface area contributed by atoms with E-state index in [2.05, 4.69) is 72.4 Å². The van der Waals surface area contributed by atoms with Crippen molar-refractivity contribution in [2.45, 2.75) is 40.5 Å². The van der Waals surface area contributed by atoms with Gasteiger partial charge in [0.15, 0.2) is 0 Å². The topological polar surface area (TPSA) is 57.4 Å². The van der Waals surface area contributed by atoms with Crippen LogP contribution in [0.2, 0.25) is 0 Å². The second-order valence-corrected chi connectivity index (χ2v) is 5.95. The van der Waals surface area contributed by atoms with E-state index in [4.69, 9.17) is 0 Å². The lowest BCUT2D eigenvalue weighted by Crippen LogP contribution is -2.00. The predicted molar refractivity (Wildman–Crippen MR) is 88.2 cm³/mol. The molecule has 0 aliphatic rings. The van der Waals surface area contributed by atoms with E-state index in [0.717, 1.165) is 35.6 Å². The Morgan fingerprint density at radius 1 is 0.727 bits per heavy atom. The second-order valence-electron chi connectivity index (χ2n) is 5.95. The van der Waals surface area contributed by atoms with Gasteiger partial charge in [0.25, 0.3) is 0 Å². The number of rotatable bonds is 4. The van der Waals surface area contributed by atoms with Crippen molar-refractivity contribution in [3.8, 4) is 0 Å². The van der Waals surface area contributed by atoms with Gasteiger partial charge in [-0.05, 0) is 38.8 Å². The molecule has 2 heterocycles. The van der Waals surface area contributed by atoms with E-state index in [1.54, 1.807) is 0 Å². The Hall–Kier alpha value is -2.36. The third kappa shape index (κ3) is 2.69. The number of aromatic amines is 2. The highest BCUT2D eigenvalue weighted by atomic mass is 15.1. The summed E-state index contributed by atoms with van der Waals surface area (Å²) in [5.74, 6) is 0. The molecule has 0 radical (unpaired) electrons. The van der Waals surface area contributed by atoms with Gasteiger partial charge in [0, 0.05) is 35.4 Å². The highest BCUT2D eigenvalue weighted by Gasteiger charge is 2.13. The van der Waals surface area contributed by atoms with Gasteiger partial charge in [0.05, 0.1) is 11.4 Å². The molecule has 0 spiro atoms. The van der Waals surface area contributed by atoms with Crippen molar-refractivity contribution in [3.05, 3.63) is 69.3 Å². The molecule has 0 atom stereocenters. The van der Waals surface area contributed by atoms with Gasteiger partial charge in [-0.3, -0.25) is 10.2 Å². The van der Waals surface area contributed by atoms with Gasteiger partial charge in [-0.15, -0.1) is 0 Å². The summed E-state index contributed by atoms with van der Waals surface area (Å²) in [7, 11) is 0. The number of aryl methyl sites for hydroxylation is 4. The SMILES string of the molecule is Cc1n[nH]c(C)c1Cc1ccccc1Cc1c(C)n[nH]c1C. The molecule has 22 heavy (non-hydrogen) atoms. The molecule has 2 N–H and O–H groups in total. The molecule has 0 amide bonds. The van der Waals surface area contributed by atoms with Gasteiger partial charge >= 0.3 is 0 Å². The lowest BCUT2D eigenvalue weighted by molar-refractivity contribution is 1.02. The van der Waals surface area contributed by atoms with Crippen molar-refractivity contribution < 1.29 is 0 Å². The average Bonchev–Trinajstić information content (AvgIpc) is 2.99. The van der Waals surface area contributed by atoms with E-state index >= 15 is 0 Å². The van der Waals surface area contributed by atoms with Gasteiger partial charge in [0.2, 0.25) is 0 Å². The number of hydrogen-bond acceptors (Lipinski definition) is 2. The number of hydrogen-bond donors (Lipinski definition) is 2. The molecule has 0 unspecified atom stereocenters. The number of aromatic nitrogens is 4. The van der Waals surface area contributed by atoms with Crippen LogP contribution in [-0.4, -0.2) is 20.4 Å². The monoisotopic (exact) mass is 294 g/mol. The molecule has 0 aliphatic carbocycles. The molecule has 3 aromatic rings. The summed E-state index contributed by atoms with van der Waals surface area (Å²) >= 11 is 0. The number of nitrogens with one attached hydrogen (secondary N) is 2. The summed E-state index contributed by atoms with van der Waals surface area (Å²) in [5.41, 5.74) is 9.79. The van der Waals surface area contributed by atoms with Crippen molar-refractivity contribution in [3.63, 3.8) is 0 Å². The highest BCUT2D eigenvalue weighted by Crippen LogP contribution is 2.22. The normalized spacial score (nSPS) is 11.1. The third-order valence-corrected chi connectivity index (χ3v) is 4.41. The van der Waals surface area contributed by atoms with Crippen LogP contribution < -0.4 is 0 Å². The van der Waals surface area contributed by atoms with Gasteiger partial charge in [-0.1, -0.05) is 24.3 Å². The maximum atomic E-state index is 4.31. The maximum Gasteiger partial charge on any atom is 0.0629 e. The van der Waals surface area contributed by atoms with E-state index in [1.807, 2.05) is 0 Å². The first kappa shape index (κ1) is 14.6. The Labute approximate surface area is 131 Å². The zero-order chi connectivity index (χ0) is 15.7. The molecule has 4 heteroatoms. The first-order chi connectivity index (χ1) is 10.6.